The lowest BCUT2D eigenvalue weighted by atomic mass is 10.1. The van der Waals surface area contributed by atoms with Gasteiger partial charge in [-0.1, -0.05) is 72.8 Å². The van der Waals surface area contributed by atoms with Crippen molar-refractivity contribution in [3.8, 4) is 0 Å². The number of rotatable bonds is 15. The summed E-state index contributed by atoms with van der Waals surface area (Å²) in [5, 5.41) is 26.5. The van der Waals surface area contributed by atoms with Crippen LogP contribution in [0.15, 0.2) is 72.8 Å². The number of carboxylic acid groups (broad SMARTS) is 1. The highest BCUT2D eigenvalue weighted by atomic mass is 32.2. The molecule has 0 unspecified atom stereocenters. The number of primary amides is 2. The molecule has 3 aromatic carbocycles. The van der Waals surface area contributed by atoms with E-state index in [0.717, 1.165) is 39.1 Å². The summed E-state index contributed by atoms with van der Waals surface area (Å²) in [5.74, 6) is -6.45. The third-order valence-corrected chi connectivity index (χ3v) is 15.5. The van der Waals surface area contributed by atoms with E-state index in [1.807, 2.05) is 36.4 Å². The van der Waals surface area contributed by atoms with Crippen LogP contribution < -0.4 is 54.4 Å². The van der Waals surface area contributed by atoms with Crippen LogP contribution in [0, 0.1) is 0 Å². The van der Waals surface area contributed by atoms with Crippen LogP contribution in [0.5, 0.6) is 0 Å². The molecular formula is C54H73N11O12S3. The van der Waals surface area contributed by atoms with Gasteiger partial charge in [0, 0.05) is 67.0 Å². The number of thioether (sulfide) groups is 3. The second kappa shape index (κ2) is 33.6. The monoisotopic (exact) mass is 1160 g/mol. The van der Waals surface area contributed by atoms with Crippen molar-refractivity contribution in [3.05, 3.63) is 106 Å². The molecule has 0 fully saturated rings. The first kappa shape index (κ1) is 65.5. The normalized spacial score (nSPS) is 21.6. The number of carbonyl (C=O) groups is 11. The smallest absolute Gasteiger partial charge is 0.303 e. The van der Waals surface area contributed by atoms with Crippen molar-refractivity contribution >= 4 is 100 Å². The van der Waals surface area contributed by atoms with Crippen molar-refractivity contribution in [2.24, 2.45) is 17.2 Å². The van der Waals surface area contributed by atoms with Crippen LogP contribution in [0.3, 0.4) is 0 Å². The number of nitrogens with zero attached hydrogens (tertiary/aromatic N) is 1. The van der Waals surface area contributed by atoms with Crippen LogP contribution in [0.2, 0.25) is 0 Å². The Labute approximate surface area is 477 Å². The minimum atomic E-state index is -1.73. The highest BCUT2D eigenvalue weighted by Crippen LogP contribution is 2.21. The predicted molar refractivity (Wildman–Crippen MR) is 306 cm³/mol. The molecule has 6 rings (SSSR count). The lowest BCUT2D eigenvalue weighted by Gasteiger charge is -2.25. The van der Waals surface area contributed by atoms with E-state index in [-0.39, 0.29) is 23.2 Å². The second-order valence-corrected chi connectivity index (χ2v) is 22.5. The number of fused-ring (bicyclic) bond motifs is 2. The molecule has 3 aromatic rings. The number of nitrogens with two attached hydrogens (primary N) is 3. The van der Waals surface area contributed by atoms with Gasteiger partial charge in [0.1, 0.15) is 30.2 Å². The largest absolute Gasteiger partial charge is 0.481 e. The highest BCUT2D eigenvalue weighted by molar-refractivity contribution is 7.99. The third-order valence-electron chi connectivity index (χ3n) is 12.3. The molecule has 14 N–H and O–H groups in total. The summed E-state index contributed by atoms with van der Waals surface area (Å²) < 4.78 is 0. The van der Waals surface area contributed by atoms with E-state index in [2.05, 4.69) is 78.5 Å². The maximum absolute atomic E-state index is 13.7. The number of ketones is 1. The van der Waals surface area contributed by atoms with Crippen LogP contribution >= 0.6 is 35.3 Å². The van der Waals surface area contributed by atoms with Crippen molar-refractivity contribution < 1.29 is 57.8 Å². The molecule has 3 heterocycles. The third kappa shape index (κ3) is 24.2. The van der Waals surface area contributed by atoms with Crippen molar-refractivity contribution in [2.75, 3.05) is 23.8 Å². The molecule has 0 radical (unpaired) electrons. The summed E-state index contributed by atoms with van der Waals surface area (Å²) in [4.78, 5) is 143. The second-order valence-electron chi connectivity index (χ2n) is 19.4. The quantitative estimate of drug-likeness (QED) is 0.0907. The number of benzene rings is 3. The number of Topliss-reactive ketones (excluding diaryl/α,β-unsaturated/α-hetero) is 1. The van der Waals surface area contributed by atoms with E-state index in [9.17, 15) is 57.8 Å². The number of hydrogen-bond donors (Lipinski definition) is 11. The Morgan fingerprint density at radius 3 is 1.75 bits per heavy atom. The molecule has 9 amide bonds. The molecule has 3 aliphatic heterocycles. The molecule has 434 valence electrons. The number of carboxylic acids is 1. The fraction of sp³-hybridized carbons (Fsp3) is 0.463. The Morgan fingerprint density at radius 1 is 0.675 bits per heavy atom. The maximum Gasteiger partial charge on any atom is 0.303 e. The van der Waals surface area contributed by atoms with Gasteiger partial charge >= 0.3 is 5.97 Å². The summed E-state index contributed by atoms with van der Waals surface area (Å²) >= 11 is 4.41. The molecule has 3 aliphatic rings. The zero-order chi connectivity index (χ0) is 58.9. The number of carbonyl (C=O) groups excluding carboxylic acids is 10. The summed E-state index contributed by atoms with van der Waals surface area (Å²) in [7, 11) is 0. The minimum absolute atomic E-state index is 0.0531. The average molecular weight is 1160 g/mol. The SMILES string of the molecule is CC(=O)[C@H]1CSCc2ccc(cc2)CN(Cc2ccc(CSCCC(N)=O)cc2)Cc2ccc(cc2)CSC[C@H](NC(=O)[C@H](C)N)C(=O)N[C@H](C)C(=O)N[C@@H](CC(N)=O)C(=O)N[C@@H](CCC(=O)O)C(=O)N[C@@H](C)C(=O)NCC(=O)N1. The molecule has 80 heavy (non-hydrogen) atoms. The topological polar surface area (TPSA) is 374 Å². The minimum Gasteiger partial charge on any atom is -0.481 e. The van der Waals surface area contributed by atoms with Gasteiger partial charge in [0.05, 0.1) is 25.0 Å². The van der Waals surface area contributed by atoms with E-state index >= 15 is 0 Å². The number of hydrogen-bond acceptors (Lipinski definition) is 16. The lowest BCUT2D eigenvalue weighted by Crippen LogP contribution is -2.59. The van der Waals surface area contributed by atoms with E-state index < -0.39 is 121 Å². The van der Waals surface area contributed by atoms with Gasteiger partial charge < -0.3 is 59.5 Å². The van der Waals surface area contributed by atoms with Gasteiger partial charge in [-0.25, -0.2) is 0 Å². The first-order valence-electron chi connectivity index (χ1n) is 25.8. The van der Waals surface area contributed by atoms with Crippen LogP contribution in [0.4, 0.5) is 0 Å². The van der Waals surface area contributed by atoms with Crippen LogP contribution in [0.25, 0.3) is 0 Å². The van der Waals surface area contributed by atoms with Gasteiger partial charge in [0.2, 0.25) is 53.2 Å². The van der Waals surface area contributed by atoms with Gasteiger partial charge in [-0.15, -0.1) is 0 Å². The van der Waals surface area contributed by atoms with E-state index in [0.29, 0.717) is 43.3 Å². The number of amides is 9. The van der Waals surface area contributed by atoms with Gasteiger partial charge in [-0.05, 0) is 67.5 Å². The molecule has 0 saturated heterocycles. The number of aliphatic carboxylic acids is 1. The maximum atomic E-state index is 13.7. The van der Waals surface area contributed by atoms with Crippen LogP contribution in [-0.2, 0) is 89.6 Å². The van der Waals surface area contributed by atoms with Crippen molar-refractivity contribution in [2.45, 2.75) is 133 Å². The lowest BCUT2D eigenvalue weighted by molar-refractivity contribution is -0.138. The molecule has 4 bridgehead atoms. The van der Waals surface area contributed by atoms with Crippen LogP contribution in [-0.4, -0.2) is 141 Å². The van der Waals surface area contributed by atoms with Gasteiger partial charge in [0.15, 0.2) is 5.78 Å². The van der Waals surface area contributed by atoms with Gasteiger partial charge in [-0.2, -0.15) is 35.3 Å². The molecule has 23 nitrogen and oxygen atoms in total. The van der Waals surface area contributed by atoms with E-state index in [1.54, 1.807) is 11.8 Å². The fourth-order valence-corrected chi connectivity index (χ4v) is 10.7. The molecule has 7 atom stereocenters. The number of nitrogens with one attached hydrogen (secondary N) is 7. The molecular weight excluding hydrogens is 1090 g/mol. The zero-order valence-corrected chi connectivity index (χ0v) is 47.7. The highest BCUT2D eigenvalue weighted by Gasteiger charge is 2.32. The van der Waals surface area contributed by atoms with Crippen molar-refractivity contribution in [1.82, 2.24) is 42.1 Å². The standard InChI is InChI=1S/C54H73N11O12S3/c1-31(55)49(72)64-44-30-80-28-40-15-9-37(10-16-40)25-65(23-35-5-11-38(12-6-35)26-78-20-19-45(56)67)24-36-7-13-39(14-8-36)27-79-29-43(34(4)66)61-47(69)22-58-50(73)32(2)59-52(75)41(17-18-48(70)71)62-53(76)42(21-46(57)68)63-51(74)33(3)60-54(44)77/h5-16,31-33,41-44H,17-30,55H2,1-4H3,(H2,56,67)(H2,57,68)(H,58,73)(H,59,75)(H,60,77)(H,61,69)(H,62,76)(H,63,74)(H,64,72)(H,70,71)/t31-,32-,33+,41-,42-,43+,44-/m0/s1. The summed E-state index contributed by atoms with van der Waals surface area (Å²) in [5.41, 5.74) is 22.8. The molecule has 0 spiro atoms. The Hall–Kier alpha value is -7.00. The first-order valence-corrected chi connectivity index (χ1v) is 29.2. The first-order chi connectivity index (χ1) is 37.9. The molecule has 26 heteroatoms. The Balaban J connectivity index is 1.60. The van der Waals surface area contributed by atoms with E-state index in [1.165, 1.54) is 51.2 Å². The van der Waals surface area contributed by atoms with E-state index in [4.69, 9.17) is 17.2 Å². The zero-order valence-electron chi connectivity index (χ0n) is 45.2. The summed E-state index contributed by atoms with van der Waals surface area (Å²) in [6, 6.07) is 15.4. The van der Waals surface area contributed by atoms with Crippen molar-refractivity contribution in [3.63, 3.8) is 0 Å². The molecule has 0 saturated carbocycles. The average Bonchev–Trinajstić information content (AvgIpc) is 3.41. The van der Waals surface area contributed by atoms with Gasteiger partial charge in [0.25, 0.3) is 0 Å². The Kier molecular flexibility index (Phi) is 27.5. The Bertz CT molecular complexity index is 2650. The Morgan fingerprint density at radius 2 is 1.20 bits per heavy atom. The summed E-state index contributed by atoms with van der Waals surface area (Å²) in [6.07, 6.45) is -1.61. The summed E-state index contributed by atoms with van der Waals surface area (Å²) in [6.45, 7) is 6.57. The van der Waals surface area contributed by atoms with Gasteiger partial charge in [-0.3, -0.25) is 57.6 Å². The molecule has 0 aromatic heterocycles. The van der Waals surface area contributed by atoms with Crippen LogP contribution in [0.1, 0.15) is 86.8 Å². The fourth-order valence-electron chi connectivity index (χ4n) is 7.70. The predicted octanol–water partition coefficient (Wildman–Crippen LogP) is 0.219. The molecule has 0 aliphatic carbocycles. The van der Waals surface area contributed by atoms with Crippen molar-refractivity contribution in [1.29, 1.82) is 0 Å².